The zero-order chi connectivity index (χ0) is 18.9. The van der Waals surface area contributed by atoms with Crippen molar-refractivity contribution in [2.45, 2.75) is 32.2 Å². The second-order valence-corrected chi connectivity index (χ2v) is 6.60. The lowest BCUT2D eigenvalue weighted by Gasteiger charge is -2.27. The Hall–Kier alpha value is -2.63. The molecule has 0 saturated heterocycles. The Morgan fingerprint density at radius 1 is 1.12 bits per heavy atom. The molecule has 0 spiro atoms. The lowest BCUT2D eigenvalue weighted by molar-refractivity contribution is -0.274. The van der Waals surface area contributed by atoms with Crippen molar-refractivity contribution in [3.63, 3.8) is 0 Å². The van der Waals surface area contributed by atoms with Gasteiger partial charge in [0, 0.05) is 5.69 Å². The highest BCUT2D eigenvalue weighted by Gasteiger charge is 2.32. The summed E-state index contributed by atoms with van der Waals surface area (Å²) >= 11 is 0. The second kappa shape index (κ2) is 6.94. The summed E-state index contributed by atoms with van der Waals surface area (Å²) in [5.74, 6) is 0.316. The van der Waals surface area contributed by atoms with Crippen LogP contribution in [0.1, 0.15) is 36.9 Å². The number of hydrogen-bond donors (Lipinski definition) is 1. The first-order chi connectivity index (χ1) is 12.2. The first kappa shape index (κ1) is 18.2. The van der Waals surface area contributed by atoms with Crippen molar-refractivity contribution in [1.82, 2.24) is 0 Å². The smallest absolute Gasteiger partial charge is 0.511 e. The maximum atomic E-state index is 12.5. The number of benzene rings is 2. The second-order valence-electron chi connectivity index (χ2n) is 6.60. The Balaban J connectivity index is 1.89. The molecule has 0 aromatic heterocycles. The van der Waals surface area contributed by atoms with Crippen molar-refractivity contribution in [2.24, 2.45) is 0 Å². The third kappa shape index (κ3) is 4.12. The Morgan fingerprint density at radius 2 is 1.81 bits per heavy atom. The Kier molecular flexibility index (Phi) is 4.85. The fourth-order valence-corrected chi connectivity index (χ4v) is 3.07. The summed E-state index contributed by atoms with van der Waals surface area (Å²) in [6.07, 6.45) is -3.10. The maximum absolute atomic E-state index is 12.5. The highest BCUT2D eigenvalue weighted by atomic mass is 19.4. The summed E-state index contributed by atoms with van der Waals surface area (Å²) in [6.45, 7) is 4.51. The summed E-state index contributed by atoms with van der Waals surface area (Å²) in [6, 6.07) is 13.5. The molecule has 0 radical (unpaired) electrons. The number of aliphatic hydroxyl groups excluding tert-OH is 1. The number of alkyl halides is 3. The Morgan fingerprint density at radius 3 is 2.42 bits per heavy atom. The number of nitrogens with zero attached hydrogens (tertiary/aromatic N) is 1. The van der Waals surface area contributed by atoms with Gasteiger partial charge in [-0.1, -0.05) is 38.1 Å². The molecule has 2 aromatic carbocycles. The normalized spacial score (nSPS) is 17.5. The minimum absolute atomic E-state index is 0.185. The van der Waals surface area contributed by atoms with Crippen LogP contribution in [-0.2, 0) is 0 Å². The number of aliphatic hydroxyl groups is 1. The molecular formula is C20H20F3NO2. The molecule has 1 aliphatic heterocycles. The van der Waals surface area contributed by atoms with Crippen LogP contribution >= 0.6 is 0 Å². The molecule has 3 nitrogen and oxygen atoms in total. The van der Waals surface area contributed by atoms with E-state index in [9.17, 15) is 18.3 Å². The number of halogens is 3. The third-order valence-corrected chi connectivity index (χ3v) is 4.34. The predicted octanol–water partition coefficient (Wildman–Crippen LogP) is 5.71. The van der Waals surface area contributed by atoms with Gasteiger partial charge in [0.1, 0.15) is 11.5 Å². The van der Waals surface area contributed by atoms with Crippen LogP contribution in [0.2, 0.25) is 0 Å². The molecule has 138 valence electrons. The summed E-state index contributed by atoms with van der Waals surface area (Å²) < 4.78 is 41.4. The van der Waals surface area contributed by atoms with E-state index in [1.165, 1.54) is 23.8 Å². The zero-order valence-corrected chi connectivity index (χ0v) is 14.5. The molecule has 1 aliphatic rings. The zero-order valence-electron chi connectivity index (χ0n) is 14.5. The summed E-state index contributed by atoms with van der Waals surface area (Å²) in [5.41, 5.74) is 2.70. The molecule has 1 N–H and O–H groups in total. The third-order valence-electron chi connectivity index (χ3n) is 4.34. The van der Waals surface area contributed by atoms with Crippen molar-refractivity contribution in [1.29, 1.82) is 0 Å². The quantitative estimate of drug-likeness (QED) is 0.755. The molecule has 1 atom stereocenters. The SMILES string of the molecule is CC(C)c1ccc(N2CC(O)=CC2c2cccc(OC(F)(F)F)c2)cc1. The van der Waals surface area contributed by atoms with Gasteiger partial charge in [0.15, 0.2) is 0 Å². The van der Waals surface area contributed by atoms with Crippen LogP contribution in [0.3, 0.4) is 0 Å². The first-order valence-corrected chi connectivity index (χ1v) is 8.35. The van der Waals surface area contributed by atoms with Crippen LogP contribution in [0.5, 0.6) is 5.75 Å². The van der Waals surface area contributed by atoms with E-state index in [2.05, 4.69) is 18.6 Å². The molecule has 26 heavy (non-hydrogen) atoms. The average Bonchev–Trinajstić information content (AvgIpc) is 2.95. The molecule has 1 unspecified atom stereocenters. The van der Waals surface area contributed by atoms with E-state index in [1.54, 1.807) is 12.1 Å². The molecule has 1 heterocycles. The number of ether oxygens (including phenoxy) is 1. The lowest BCUT2D eigenvalue weighted by Crippen LogP contribution is -2.24. The fraction of sp³-hybridized carbons (Fsp3) is 0.300. The maximum Gasteiger partial charge on any atom is 0.573 e. The topological polar surface area (TPSA) is 32.7 Å². The number of rotatable bonds is 4. The van der Waals surface area contributed by atoms with Gasteiger partial charge < -0.3 is 14.7 Å². The standard InChI is InChI=1S/C20H20F3NO2/c1-13(2)14-6-8-16(9-7-14)24-12-17(25)11-19(24)15-4-3-5-18(10-15)26-20(21,22)23/h3-11,13,19,25H,12H2,1-2H3. The molecule has 0 saturated carbocycles. The van der Waals surface area contributed by atoms with Crippen molar-refractivity contribution in [2.75, 3.05) is 11.4 Å². The van der Waals surface area contributed by atoms with Crippen molar-refractivity contribution >= 4 is 5.69 Å². The van der Waals surface area contributed by atoms with E-state index in [4.69, 9.17) is 0 Å². The van der Waals surface area contributed by atoms with Crippen molar-refractivity contribution in [3.8, 4) is 5.75 Å². The van der Waals surface area contributed by atoms with Gasteiger partial charge in [-0.2, -0.15) is 0 Å². The fourth-order valence-electron chi connectivity index (χ4n) is 3.07. The summed E-state index contributed by atoms with van der Waals surface area (Å²) in [5, 5.41) is 10.00. The van der Waals surface area contributed by atoms with Crippen LogP contribution in [0.15, 0.2) is 60.4 Å². The summed E-state index contributed by atoms with van der Waals surface area (Å²) in [4.78, 5) is 1.94. The van der Waals surface area contributed by atoms with Crippen LogP contribution in [0, 0.1) is 0 Å². The Labute approximate surface area is 150 Å². The monoisotopic (exact) mass is 363 g/mol. The van der Waals surface area contributed by atoms with Gasteiger partial charge in [0.2, 0.25) is 0 Å². The van der Waals surface area contributed by atoms with Gasteiger partial charge in [-0.3, -0.25) is 0 Å². The highest BCUT2D eigenvalue weighted by molar-refractivity contribution is 5.55. The van der Waals surface area contributed by atoms with Crippen LogP contribution in [0.25, 0.3) is 0 Å². The molecule has 2 aromatic rings. The predicted molar refractivity (Wildman–Crippen MR) is 94.5 cm³/mol. The van der Waals surface area contributed by atoms with E-state index in [0.29, 0.717) is 18.0 Å². The molecular weight excluding hydrogens is 343 g/mol. The molecule has 0 bridgehead atoms. The lowest BCUT2D eigenvalue weighted by atomic mass is 10.0. The van der Waals surface area contributed by atoms with Gasteiger partial charge in [-0.05, 0) is 47.4 Å². The van der Waals surface area contributed by atoms with E-state index in [-0.39, 0.29) is 17.6 Å². The molecule has 0 aliphatic carbocycles. The molecule has 3 rings (SSSR count). The highest BCUT2D eigenvalue weighted by Crippen LogP contribution is 2.36. The average molecular weight is 363 g/mol. The van der Waals surface area contributed by atoms with E-state index < -0.39 is 6.36 Å². The van der Waals surface area contributed by atoms with Gasteiger partial charge in [-0.15, -0.1) is 13.2 Å². The minimum Gasteiger partial charge on any atom is -0.511 e. The van der Waals surface area contributed by atoms with E-state index in [1.807, 2.05) is 29.2 Å². The summed E-state index contributed by atoms with van der Waals surface area (Å²) in [7, 11) is 0. The number of anilines is 1. The van der Waals surface area contributed by atoms with E-state index in [0.717, 1.165) is 5.69 Å². The van der Waals surface area contributed by atoms with Crippen molar-refractivity contribution < 1.29 is 23.0 Å². The van der Waals surface area contributed by atoms with Crippen LogP contribution in [-0.4, -0.2) is 18.0 Å². The largest absolute Gasteiger partial charge is 0.573 e. The van der Waals surface area contributed by atoms with Gasteiger partial charge in [-0.25, -0.2) is 0 Å². The van der Waals surface area contributed by atoms with E-state index >= 15 is 0 Å². The van der Waals surface area contributed by atoms with Gasteiger partial charge >= 0.3 is 6.36 Å². The first-order valence-electron chi connectivity index (χ1n) is 8.35. The molecule has 0 fully saturated rings. The van der Waals surface area contributed by atoms with Crippen molar-refractivity contribution in [3.05, 3.63) is 71.5 Å². The van der Waals surface area contributed by atoms with Gasteiger partial charge in [0.25, 0.3) is 0 Å². The number of hydrogen-bond acceptors (Lipinski definition) is 3. The minimum atomic E-state index is -4.74. The molecule has 0 amide bonds. The molecule has 6 heteroatoms. The van der Waals surface area contributed by atoms with Crippen LogP contribution in [0.4, 0.5) is 18.9 Å². The van der Waals surface area contributed by atoms with Gasteiger partial charge in [0.05, 0.1) is 12.6 Å². The Bertz CT molecular complexity index is 797. The van der Waals surface area contributed by atoms with Crippen LogP contribution < -0.4 is 9.64 Å².